The van der Waals surface area contributed by atoms with Gasteiger partial charge >= 0.3 is 0 Å². The molecule has 2 rings (SSSR count). The Morgan fingerprint density at radius 3 is 2.82 bits per heavy atom. The molecule has 1 heterocycles. The molecule has 1 aliphatic rings. The maximum atomic E-state index is 5.86. The molecule has 0 radical (unpaired) electrons. The second-order valence-corrected chi connectivity index (χ2v) is 5.48. The smallest absolute Gasteiger partial charge is 0.0511 e. The molecule has 0 saturated carbocycles. The average Bonchev–Trinajstić information content (AvgIpc) is 2.51. The van der Waals surface area contributed by atoms with Gasteiger partial charge in [-0.25, -0.2) is 0 Å². The molecule has 1 aromatic rings. The Kier molecular flexibility index (Phi) is 4.42. The summed E-state index contributed by atoms with van der Waals surface area (Å²) in [6.45, 7) is 3.96. The van der Waals surface area contributed by atoms with Crippen molar-refractivity contribution in [3.8, 4) is 0 Å². The summed E-state index contributed by atoms with van der Waals surface area (Å²) >= 11 is 3.63. The van der Waals surface area contributed by atoms with Gasteiger partial charge in [-0.2, -0.15) is 0 Å². The fourth-order valence-electron chi connectivity index (χ4n) is 2.36. The van der Waals surface area contributed by atoms with Crippen molar-refractivity contribution in [1.82, 2.24) is 4.90 Å². The molecule has 1 saturated heterocycles. The SMILES string of the molecule is CN1CCCN(c2ccccc2Br)CC1CN. The van der Waals surface area contributed by atoms with Gasteiger partial charge in [0.15, 0.2) is 0 Å². The summed E-state index contributed by atoms with van der Waals surface area (Å²) in [5.74, 6) is 0. The van der Waals surface area contributed by atoms with Gasteiger partial charge in [0.05, 0.1) is 5.69 Å². The van der Waals surface area contributed by atoms with E-state index in [0.29, 0.717) is 6.04 Å². The molecule has 17 heavy (non-hydrogen) atoms. The number of hydrogen-bond acceptors (Lipinski definition) is 3. The first-order chi connectivity index (χ1) is 8.22. The van der Waals surface area contributed by atoms with Crippen molar-refractivity contribution in [2.45, 2.75) is 12.5 Å². The van der Waals surface area contributed by atoms with E-state index >= 15 is 0 Å². The molecule has 0 aromatic heterocycles. The molecule has 94 valence electrons. The highest BCUT2D eigenvalue weighted by Crippen LogP contribution is 2.27. The van der Waals surface area contributed by atoms with E-state index < -0.39 is 0 Å². The second kappa shape index (κ2) is 5.85. The highest BCUT2D eigenvalue weighted by Gasteiger charge is 2.22. The van der Waals surface area contributed by atoms with E-state index in [1.807, 2.05) is 0 Å². The van der Waals surface area contributed by atoms with Crippen LogP contribution < -0.4 is 10.6 Å². The van der Waals surface area contributed by atoms with Crippen LogP contribution in [0.3, 0.4) is 0 Å². The number of nitrogens with zero attached hydrogens (tertiary/aromatic N) is 2. The Morgan fingerprint density at radius 2 is 2.12 bits per heavy atom. The topological polar surface area (TPSA) is 32.5 Å². The molecule has 1 aromatic carbocycles. The summed E-state index contributed by atoms with van der Waals surface area (Å²) in [5.41, 5.74) is 7.14. The summed E-state index contributed by atoms with van der Waals surface area (Å²) < 4.78 is 1.17. The minimum Gasteiger partial charge on any atom is -0.369 e. The molecule has 1 aliphatic heterocycles. The molecule has 0 spiro atoms. The van der Waals surface area contributed by atoms with Crippen molar-refractivity contribution in [3.63, 3.8) is 0 Å². The molecule has 0 aliphatic carbocycles. The molecule has 1 unspecified atom stereocenters. The number of benzene rings is 1. The predicted octanol–water partition coefficient (Wildman–Crippen LogP) is 1.92. The summed E-state index contributed by atoms with van der Waals surface area (Å²) in [4.78, 5) is 4.81. The van der Waals surface area contributed by atoms with Crippen molar-refractivity contribution in [2.75, 3.05) is 38.1 Å². The van der Waals surface area contributed by atoms with E-state index in [4.69, 9.17) is 5.73 Å². The van der Waals surface area contributed by atoms with Crippen LogP contribution in [0.15, 0.2) is 28.7 Å². The first kappa shape index (κ1) is 12.9. The largest absolute Gasteiger partial charge is 0.369 e. The standard InChI is InChI=1S/C13H20BrN3/c1-16-7-4-8-17(10-11(16)9-15)13-6-3-2-5-12(13)14/h2-3,5-6,11H,4,7-10,15H2,1H3. The fourth-order valence-corrected chi connectivity index (χ4v) is 2.90. The van der Waals surface area contributed by atoms with E-state index in [2.05, 4.69) is 57.0 Å². The van der Waals surface area contributed by atoms with Gasteiger partial charge in [0, 0.05) is 30.1 Å². The maximum absolute atomic E-state index is 5.86. The lowest BCUT2D eigenvalue weighted by Crippen LogP contribution is -2.43. The Labute approximate surface area is 112 Å². The highest BCUT2D eigenvalue weighted by molar-refractivity contribution is 9.10. The van der Waals surface area contributed by atoms with Gasteiger partial charge in [-0.1, -0.05) is 12.1 Å². The third-order valence-corrected chi connectivity index (χ3v) is 4.13. The molecule has 4 heteroatoms. The average molecular weight is 298 g/mol. The van der Waals surface area contributed by atoms with Crippen LogP contribution in [0, 0.1) is 0 Å². The van der Waals surface area contributed by atoms with Crippen LogP contribution in [0.25, 0.3) is 0 Å². The molecular weight excluding hydrogens is 278 g/mol. The molecule has 1 atom stereocenters. The van der Waals surface area contributed by atoms with E-state index in [1.54, 1.807) is 0 Å². The number of para-hydroxylation sites is 1. The van der Waals surface area contributed by atoms with Crippen LogP contribution in [0.1, 0.15) is 6.42 Å². The lowest BCUT2D eigenvalue weighted by atomic mass is 10.2. The monoisotopic (exact) mass is 297 g/mol. The quantitative estimate of drug-likeness (QED) is 0.905. The lowest BCUT2D eigenvalue weighted by molar-refractivity contribution is 0.266. The normalized spacial score (nSPS) is 22.5. The molecule has 3 nitrogen and oxygen atoms in total. The third kappa shape index (κ3) is 3.00. The van der Waals surface area contributed by atoms with Gasteiger partial charge in [-0.3, -0.25) is 0 Å². The fraction of sp³-hybridized carbons (Fsp3) is 0.538. The van der Waals surface area contributed by atoms with Gasteiger partial charge in [0.25, 0.3) is 0 Å². The summed E-state index contributed by atoms with van der Waals surface area (Å²) in [6, 6.07) is 8.86. The molecule has 0 amide bonds. The summed E-state index contributed by atoms with van der Waals surface area (Å²) in [5, 5.41) is 0. The van der Waals surface area contributed by atoms with Crippen molar-refractivity contribution < 1.29 is 0 Å². The molecule has 2 N–H and O–H groups in total. The van der Waals surface area contributed by atoms with Gasteiger partial charge in [-0.05, 0) is 48.1 Å². The van der Waals surface area contributed by atoms with Crippen LogP contribution in [0.2, 0.25) is 0 Å². The zero-order valence-electron chi connectivity index (χ0n) is 10.3. The third-order valence-electron chi connectivity index (χ3n) is 3.46. The Hall–Kier alpha value is -0.580. The Morgan fingerprint density at radius 1 is 1.35 bits per heavy atom. The van der Waals surface area contributed by atoms with E-state index in [1.165, 1.54) is 16.6 Å². The van der Waals surface area contributed by atoms with Crippen molar-refractivity contribution in [2.24, 2.45) is 5.73 Å². The Bertz CT molecular complexity index is 369. The molecular formula is C13H20BrN3. The highest BCUT2D eigenvalue weighted by atomic mass is 79.9. The minimum atomic E-state index is 0.449. The van der Waals surface area contributed by atoms with Gasteiger partial charge in [0.2, 0.25) is 0 Å². The van der Waals surface area contributed by atoms with Crippen LogP contribution in [-0.2, 0) is 0 Å². The molecule has 0 bridgehead atoms. The zero-order valence-corrected chi connectivity index (χ0v) is 11.9. The first-order valence-corrected chi connectivity index (χ1v) is 6.91. The van der Waals surface area contributed by atoms with E-state index in [0.717, 1.165) is 26.2 Å². The number of nitrogens with two attached hydrogens (primary N) is 1. The Balaban J connectivity index is 2.18. The summed E-state index contributed by atoms with van der Waals surface area (Å²) in [7, 11) is 2.17. The van der Waals surface area contributed by atoms with Gasteiger partial charge in [-0.15, -0.1) is 0 Å². The van der Waals surface area contributed by atoms with Crippen LogP contribution >= 0.6 is 15.9 Å². The number of rotatable bonds is 2. The summed E-state index contributed by atoms with van der Waals surface area (Å²) in [6.07, 6.45) is 1.19. The van der Waals surface area contributed by atoms with Crippen molar-refractivity contribution in [1.29, 1.82) is 0 Å². The maximum Gasteiger partial charge on any atom is 0.0511 e. The van der Waals surface area contributed by atoms with E-state index in [9.17, 15) is 0 Å². The second-order valence-electron chi connectivity index (χ2n) is 4.62. The number of halogens is 1. The van der Waals surface area contributed by atoms with Crippen molar-refractivity contribution >= 4 is 21.6 Å². The molecule has 1 fully saturated rings. The van der Waals surface area contributed by atoms with E-state index in [-0.39, 0.29) is 0 Å². The number of likely N-dealkylation sites (N-methyl/N-ethyl adjacent to an activating group) is 1. The number of hydrogen-bond donors (Lipinski definition) is 1. The lowest BCUT2D eigenvalue weighted by Gasteiger charge is -2.29. The number of anilines is 1. The first-order valence-electron chi connectivity index (χ1n) is 6.12. The van der Waals surface area contributed by atoms with Gasteiger partial charge < -0.3 is 15.5 Å². The minimum absolute atomic E-state index is 0.449. The van der Waals surface area contributed by atoms with Crippen LogP contribution in [0.4, 0.5) is 5.69 Å². The predicted molar refractivity (Wildman–Crippen MR) is 76.4 cm³/mol. The van der Waals surface area contributed by atoms with Crippen LogP contribution in [0.5, 0.6) is 0 Å². The van der Waals surface area contributed by atoms with Gasteiger partial charge in [0.1, 0.15) is 0 Å². The van der Waals surface area contributed by atoms with Crippen molar-refractivity contribution in [3.05, 3.63) is 28.7 Å². The zero-order chi connectivity index (χ0) is 12.3. The van der Waals surface area contributed by atoms with Crippen LogP contribution in [-0.4, -0.2) is 44.2 Å².